The van der Waals surface area contributed by atoms with Gasteiger partial charge in [0.05, 0.1) is 6.10 Å². The summed E-state index contributed by atoms with van der Waals surface area (Å²) in [5, 5.41) is 7.42. The van der Waals surface area contributed by atoms with E-state index < -0.39 is 0 Å². The quantitative estimate of drug-likeness (QED) is 0.862. The van der Waals surface area contributed by atoms with Gasteiger partial charge in [0.1, 0.15) is 5.82 Å². The van der Waals surface area contributed by atoms with Crippen molar-refractivity contribution in [1.82, 2.24) is 15.2 Å². The van der Waals surface area contributed by atoms with Crippen molar-refractivity contribution in [3.05, 3.63) is 5.82 Å². The van der Waals surface area contributed by atoms with Gasteiger partial charge in [-0.15, -0.1) is 5.10 Å². The van der Waals surface area contributed by atoms with E-state index in [9.17, 15) is 0 Å². The van der Waals surface area contributed by atoms with E-state index in [1.54, 1.807) is 0 Å². The lowest BCUT2D eigenvalue weighted by atomic mass is 9.81. The van der Waals surface area contributed by atoms with Crippen LogP contribution in [0.2, 0.25) is 0 Å². The van der Waals surface area contributed by atoms with Crippen LogP contribution in [0.1, 0.15) is 38.4 Å². The van der Waals surface area contributed by atoms with Crippen LogP contribution in [0.25, 0.3) is 0 Å². The highest BCUT2D eigenvalue weighted by Crippen LogP contribution is 2.30. The van der Waals surface area contributed by atoms with Gasteiger partial charge in [0, 0.05) is 26.1 Å². The lowest BCUT2D eigenvalue weighted by Crippen LogP contribution is -2.42. The van der Waals surface area contributed by atoms with Crippen LogP contribution in [-0.4, -0.2) is 47.5 Å². The molecule has 2 aliphatic rings. The molecule has 1 atom stereocenters. The number of nitrogens with two attached hydrogens (primary N) is 1. The minimum atomic E-state index is 0.285. The summed E-state index contributed by atoms with van der Waals surface area (Å²) >= 11 is 0. The van der Waals surface area contributed by atoms with Gasteiger partial charge >= 0.3 is 0 Å². The zero-order valence-electron chi connectivity index (χ0n) is 12.3. The third kappa shape index (κ3) is 2.96. The molecule has 0 spiro atoms. The zero-order valence-corrected chi connectivity index (χ0v) is 12.3. The molecule has 3 rings (SSSR count). The molecule has 1 unspecified atom stereocenters. The van der Waals surface area contributed by atoms with Gasteiger partial charge in [-0.05, 0) is 37.6 Å². The Morgan fingerprint density at radius 3 is 2.90 bits per heavy atom. The van der Waals surface area contributed by atoms with Crippen LogP contribution in [0.3, 0.4) is 0 Å². The summed E-state index contributed by atoms with van der Waals surface area (Å²) in [5.74, 6) is 1.77. The third-order valence-corrected chi connectivity index (χ3v) is 4.71. The number of H-pyrrole nitrogens is 1. The van der Waals surface area contributed by atoms with Gasteiger partial charge in [-0.3, -0.25) is 5.10 Å². The lowest BCUT2D eigenvalue weighted by molar-refractivity contribution is 0.110. The van der Waals surface area contributed by atoms with E-state index in [-0.39, 0.29) is 5.41 Å². The largest absolute Gasteiger partial charge is 0.378 e. The SMILES string of the molecule is CC1(CN)CCN(c2n[nH]c(CC3CCCO3)n2)CC1. The van der Waals surface area contributed by atoms with Crippen molar-refractivity contribution >= 4 is 5.95 Å². The van der Waals surface area contributed by atoms with Crippen molar-refractivity contribution in [2.45, 2.75) is 45.1 Å². The molecule has 6 nitrogen and oxygen atoms in total. The molecule has 1 aromatic heterocycles. The van der Waals surface area contributed by atoms with Gasteiger partial charge in [0.25, 0.3) is 0 Å². The number of anilines is 1. The predicted octanol–water partition coefficient (Wildman–Crippen LogP) is 1.09. The number of piperidine rings is 1. The summed E-state index contributed by atoms with van der Waals surface area (Å²) in [5.41, 5.74) is 6.13. The van der Waals surface area contributed by atoms with Crippen LogP contribution in [0, 0.1) is 5.41 Å². The minimum absolute atomic E-state index is 0.285. The van der Waals surface area contributed by atoms with Crippen molar-refractivity contribution in [3.8, 4) is 0 Å². The zero-order chi connectivity index (χ0) is 14.0. The number of aromatic amines is 1. The highest BCUT2D eigenvalue weighted by molar-refractivity contribution is 5.29. The molecule has 0 aliphatic carbocycles. The van der Waals surface area contributed by atoms with Crippen LogP contribution >= 0.6 is 0 Å². The maximum atomic E-state index is 5.85. The highest BCUT2D eigenvalue weighted by atomic mass is 16.5. The van der Waals surface area contributed by atoms with E-state index >= 15 is 0 Å². The van der Waals surface area contributed by atoms with E-state index in [0.29, 0.717) is 6.10 Å². The standard InChI is InChI=1S/C14H25N5O/c1-14(10-15)4-6-19(7-5-14)13-16-12(17-18-13)9-11-3-2-8-20-11/h11H,2-10,15H2,1H3,(H,16,17,18). The fourth-order valence-electron chi connectivity index (χ4n) is 2.99. The maximum Gasteiger partial charge on any atom is 0.244 e. The number of ether oxygens (including phenoxy) is 1. The molecule has 3 heterocycles. The Labute approximate surface area is 120 Å². The monoisotopic (exact) mass is 279 g/mol. The molecule has 2 fully saturated rings. The molecule has 0 bridgehead atoms. The fraction of sp³-hybridized carbons (Fsp3) is 0.857. The van der Waals surface area contributed by atoms with Gasteiger partial charge in [-0.2, -0.15) is 4.98 Å². The average Bonchev–Trinajstić information content (AvgIpc) is 3.12. The molecule has 0 amide bonds. The Morgan fingerprint density at radius 2 is 2.25 bits per heavy atom. The first kappa shape index (κ1) is 13.8. The molecule has 6 heteroatoms. The van der Waals surface area contributed by atoms with E-state index in [4.69, 9.17) is 10.5 Å². The molecule has 3 N–H and O–H groups in total. The number of aromatic nitrogens is 3. The van der Waals surface area contributed by atoms with Crippen molar-refractivity contribution in [2.24, 2.45) is 11.1 Å². The number of rotatable bonds is 4. The van der Waals surface area contributed by atoms with Crippen molar-refractivity contribution < 1.29 is 4.74 Å². The summed E-state index contributed by atoms with van der Waals surface area (Å²) in [6.45, 7) is 5.90. The molecule has 2 aliphatic heterocycles. The third-order valence-electron chi connectivity index (χ3n) is 4.71. The normalized spacial score (nSPS) is 26.1. The summed E-state index contributed by atoms with van der Waals surface area (Å²) in [7, 11) is 0. The van der Waals surface area contributed by atoms with E-state index in [2.05, 4.69) is 27.0 Å². The van der Waals surface area contributed by atoms with Crippen molar-refractivity contribution in [3.63, 3.8) is 0 Å². The highest BCUT2D eigenvalue weighted by Gasteiger charge is 2.30. The molecule has 2 saturated heterocycles. The molecular formula is C14H25N5O. The van der Waals surface area contributed by atoms with Crippen molar-refractivity contribution in [2.75, 3.05) is 31.1 Å². The molecule has 112 valence electrons. The van der Waals surface area contributed by atoms with Crippen LogP contribution in [0.15, 0.2) is 0 Å². The summed E-state index contributed by atoms with van der Waals surface area (Å²) < 4.78 is 5.64. The smallest absolute Gasteiger partial charge is 0.244 e. The average molecular weight is 279 g/mol. The van der Waals surface area contributed by atoms with Crippen LogP contribution in [0.5, 0.6) is 0 Å². The fourth-order valence-corrected chi connectivity index (χ4v) is 2.99. The van der Waals surface area contributed by atoms with Gasteiger partial charge in [-0.25, -0.2) is 0 Å². The first-order valence-corrected chi connectivity index (χ1v) is 7.66. The Kier molecular flexibility index (Phi) is 3.94. The Balaban J connectivity index is 1.57. The number of hydrogen-bond acceptors (Lipinski definition) is 5. The van der Waals surface area contributed by atoms with E-state index in [1.165, 1.54) is 0 Å². The second-order valence-electron chi connectivity index (χ2n) is 6.42. The Morgan fingerprint density at radius 1 is 1.45 bits per heavy atom. The maximum absolute atomic E-state index is 5.85. The topological polar surface area (TPSA) is 80.1 Å². The first-order chi connectivity index (χ1) is 9.68. The first-order valence-electron chi connectivity index (χ1n) is 7.66. The molecule has 0 radical (unpaired) electrons. The Hall–Kier alpha value is -1.14. The minimum Gasteiger partial charge on any atom is -0.378 e. The second kappa shape index (κ2) is 5.69. The van der Waals surface area contributed by atoms with Gasteiger partial charge in [-0.1, -0.05) is 6.92 Å². The van der Waals surface area contributed by atoms with Crippen molar-refractivity contribution in [1.29, 1.82) is 0 Å². The van der Waals surface area contributed by atoms with E-state index in [0.717, 1.165) is 70.1 Å². The summed E-state index contributed by atoms with van der Waals surface area (Å²) in [6, 6.07) is 0. The predicted molar refractivity (Wildman–Crippen MR) is 77.7 cm³/mol. The molecule has 1 aromatic rings. The summed E-state index contributed by atoms with van der Waals surface area (Å²) in [4.78, 5) is 6.88. The molecular weight excluding hydrogens is 254 g/mol. The molecule has 0 aromatic carbocycles. The Bertz CT molecular complexity index is 433. The van der Waals surface area contributed by atoms with Crippen LogP contribution < -0.4 is 10.6 Å². The number of nitrogens with zero attached hydrogens (tertiary/aromatic N) is 3. The number of hydrogen-bond donors (Lipinski definition) is 2. The van der Waals surface area contributed by atoms with E-state index in [1.807, 2.05) is 0 Å². The van der Waals surface area contributed by atoms with Gasteiger partial charge in [0.2, 0.25) is 5.95 Å². The summed E-state index contributed by atoms with van der Waals surface area (Å²) in [6.07, 6.45) is 5.68. The van der Waals surface area contributed by atoms with Crippen LogP contribution in [-0.2, 0) is 11.2 Å². The van der Waals surface area contributed by atoms with Crippen LogP contribution in [0.4, 0.5) is 5.95 Å². The molecule has 20 heavy (non-hydrogen) atoms. The second-order valence-corrected chi connectivity index (χ2v) is 6.42. The van der Waals surface area contributed by atoms with Gasteiger partial charge < -0.3 is 15.4 Å². The van der Waals surface area contributed by atoms with Gasteiger partial charge in [0.15, 0.2) is 0 Å². The number of nitrogens with one attached hydrogen (secondary N) is 1. The molecule has 0 saturated carbocycles. The lowest BCUT2D eigenvalue weighted by Gasteiger charge is -2.38.